The average Bonchev–Trinajstić information content (AvgIpc) is 3.08. The first kappa shape index (κ1) is 45.8. The van der Waals surface area contributed by atoms with Gasteiger partial charge >= 0.3 is 6.09 Å². The fourth-order valence-electron chi connectivity index (χ4n) is 5.78. The summed E-state index contributed by atoms with van der Waals surface area (Å²) < 4.78 is 5.42. The largest absolute Gasteiger partial charge is 0.450 e. The van der Waals surface area contributed by atoms with Crippen LogP contribution in [0.2, 0.25) is 0 Å². The van der Waals surface area contributed by atoms with Crippen LogP contribution in [0.3, 0.4) is 0 Å². The first-order chi connectivity index (χ1) is 23.6. The second kappa shape index (κ2) is 39.2. The predicted molar refractivity (Wildman–Crippen MR) is 213 cm³/mol. The maximum Gasteiger partial charge on any atom is 0.407 e. The van der Waals surface area contributed by atoms with Gasteiger partial charge in [-0.25, -0.2) is 4.79 Å². The van der Waals surface area contributed by atoms with E-state index in [4.69, 9.17) is 4.74 Å². The zero-order chi connectivity index (χ0) is 35.0. The molecule has 0 saturated heterocycles. The van der Waals surface area contributed by atoms with Gasteiger partial charge in [-0.15, -0.1) is 11.8 Å². The highest BCUT2D eigenvalue weighted by Crippen LogP contribution is 2.19. The Bertz CT molecular complexity index is 861. The SMILES string of the molecule is CC#CCC/C=C\C/C=C\CCCCCCCCC(CCCCCCCC/C=C\C/C=C\CCCCC)CNC(=O)OCCCN(C)C. The Labute approximate surface area is 299 Å². The molecule has 0 aromatic heterocycles. The zero-order valence-corrected chi connectivity index (χ0v) is 32.3. The third-order valence-corrected chi connectivity index (χ3v) is 8.78. The van der Waals surface area contributed by atoms with Crippen LogP contribution in [-0.2, 0) is 4.74 Å². The summed E-state index contributed by atoms with van der Waals surface area (Å²) in [5, 5.41) is 3.08. The topological polar surface area (TPSA) is 41.6 Å². The molecule has 0 heterocycles. The average molecular weight is 667 g/mol. The van der Waals surface area contributed by atoms with Crippen molar-refractivity contribution in [1.29, 1.82) is 0 Å². The van der Waals surface area contributed by atoms with Gasteiger partial charge in [0.2, 0.25) is 0 Å². The number of amides is 1. The Morgan fingerprint density at radius 1 is 0.646 bits per heavy atom. The lowest BCUT2D eigenvalue weighted by atomic mass is 9.94. The number of nitrogens with zero attached hydrogens (tertiary/aromatic N) is 1. The zero-order valence-electron chi connectivity index (χ0n) is 32.3. The van der Waals surface area contributed by atoms with Gasteiger partial charge in [0.1, 0.15) is 0 Å². The summed E-state index contributed by atoms with van der Waals surface area (Å²) >= 11 is 0. The third-order valence-electron chi connectivity index (χ3n) is 8.78. The second-order valence-corrected chi connectivity index (χ2v) is 13.8. The Morgan fingerprint density at radius 2 is 1.12 bits per heavy atom. The quantitative estimate of drug-likeness (QED) is 0.0422. The Morgan fingerprint density at radius 3 is 1.62 bits per heavy atom. The van der Waals surface area contributed by atoms with Gasteiger partial charge in [-0.2, -0.15) is 0 Å². The van der Waals surface area contributed by atoms with Crippen LogP contribution in [0, 0.1) is 17.8 Å². The number of rotatable bonds is 34. The third kappa shape index (κ3) is 38.2. The predicted octanol–water partition coefficient (Wildman–Crippen LogP) is 12.9. The molecule has 0 aliphatic heterocycles. The summed E-state index contributed by atoms with van der Waals surface area (Å²) in [6.07, 6.45) is 49.1. The van der Waals surface area contributed by atoms with Crippen molar-refractivity contribution in [1.82, 2.24) is 10.2 Å². The fourth-order valence-corrected chi connectivity index (χ4v) is 5.78. The number of nitrogens with one attached hydrogen (secondary N) is 1. The fraction of sp³-hybridized carbons (Fsp3) is 0.750. The van der Waals surface area contributed by atoms with E-state index >= 15 is 0 Å². The van der Waals surface area contributed by atoms with Crippen molar-refractivity contribution in [2.75, 3.05) is 33.8 Å². The molecule has 0 fully saturated rings. The normalized spacial score (nSPS) is 12.5. The van der Waals surface area contributed by atoms with Gasteiger partial charge in [0.15, 0.2) is 0 Å². The lowest BCUT2D eigenvalue weighted by molar-refractivity contribution is 0.139. The highest BCUT2D eigenvalue weighted by atomic mass is 16.5. The summed E-state index contributed by atoms with van der Waals surface area (Å²) in [5.41, 5.74) is 0. The molecule has 0 aromatic carbocycles. The summed E-state index contributed by atoms with van der Waals surface area (Å²) in [7, 11) is 4.09. The highest BCUT2D eigenvalue weighted by Gasteiger charge is 2.11. The number of unbranched alkanes of at least 4 members (excludes halogenated alkanes) is 16. The molecule has 276 valence electrons. The minimum Gasteiger partial charge on any atom is -0.450 e. The minimum atomic E-state index is -0.248. The van der Waals surface area contributed by atoms with Gasteiger partial charge in [0.05, 0.1) is 6.61 Å². The van der Waals surface area contributed by atoms with Crippen LogP contribution in [0.5, 0.6) is 0 Å². The molecule has 1 unspecified atom stereocenters. The maximum atomic E-state index is 12.3. The van der Waals surface area contributed by atoms with Crippen LogP contribution < -0.4 is 5.32 Å². The molecule has 0 rings (SSSR count). The molecule has 1 N–H and O–H groups in total. The first-order valence-corrected chi connectivity index (χ1v) is 20.1. The molecular formula is C44H78N2O2. The number of allylic oxidation sites excluding steroid dienone is 8. The van der Waals surface area contributed by atoms with Crippen LogP contribution in [0.15, 0.2) is 48.6 Å². The van der Waals surface area contributed by atoms with Crippen molar-refractivity contribution in [2.45, 2.75) is 174 Å². The van der Waals surface area contributed by atoms with Crippen molar-refractivity contribution >= 4 is 6.09 Å². The molecule has 0 aromatic rings. The van der Waals surface area contributed by atoms with Gasteiger partial charge in [0, 0.05) is 19.5 Å². The number of hydrogen-bond donors (Lipinski definition) is 1. The van der Waals surface area contributed by atoms with E-state index in [2.05, 4.69) is 77.6 Å². The molecule has 0 radical (unpaired) electrons. The summed E-state index contributed by atoms with van der Waals surface area (Å²) in [5.74, 6) is 6.60. The monoisotopic (exact) mass is 667 g/mol. The Hall–Kier alpha value is -2.25. The Kier molecular flexibility index (Phi) is 37.4. The van der Waals surface area contributed by atoms with Crippen molar-refractivity contribution in [3.63, 3.8) is 0 Å². The van der Waals surface area contributed by atoms with Gasteiger partial charge in [0.25, 0.3) is 0 Å². The molecule has 0 spiro atoms. The van der Waals surface area contributed by atoms with E-state index in [1.807, 2.05) is 21.0 Å². The van der Waals surface area contributed by atoms with E-state index < -0.39 is 0 Å². The standard InChI is InChI=1S/C44H78N2O2/c1-5-7-9-11-13-15-17-19-21-23-25-27-29-31-33-35-38-43(42-45-44(47)48-41-37-40-46(3)4)39-36-34-32-30-28-26-24-22-20-18-16-14-12-10-8-6-2/h13-16,19-22,43H,5,7,9-12,17-18,23-42H2,1-4H3,(H,45,47)/b15-13-,16-14-,21-19-,22-20-. The number of carbonyl (C=O) groups excluding carboxylic acids is 1. The van der Waals surface area contributed by atoms with Crippen molar-refractivity contribution in [3.8, 4) is 11.8 Å². The highest BCUT2D eigenvalue weighted by molar-refractivity contribution is 5.67. The van der Waals surface area contributed by atoms with Crippen LogP contribution in [0.25, 0.3) is 0 Å². The van der Waals surface area contributed by atoms with Crippen LogP contribution in [-0.4, -0.2) is 44.8 Å². The lowest BCUT2D eigenvalue weighted by Crippen LogP contribution is -2.30. The number of ether oxygens (including phenoxy) is 1. The number of alkyl carbamates (subject to hydrolysis) is 1. The molecule has 0 saturated carbocycles. The van der Waals surface area contributed by atoms with E-state index in [1.165, 1.54) is 128 Å². The first-order valence-electron chi connectivity index (χ1n) is 20.1. The Balaban J connectivity index is 4.10. The van der Waals surface area contributed by atoms with Gasteiger partial charge in [-0.3, -0.25) is 0 Å². The molecule has 0 aliphatic carbocycles. The molecule has 4 heteroatoms. The molecule has 1 amide bonds. The van der Waals surface area contributed by atoms with Gasteiger partial charge < -0.3 is 15.0 Å². The van der Waals surface area contributed by atoms with Gasteiger partial charge in [-0.1, -0.05) is 133 Å². The van der Waals surface area contributed by atoms with Crippen molar-refractivity contribution in [3.05, 3.63) is 48.6 Å². The summed E-state index contributed by atoms with van der Waals surface area (Å²) in [6, 6.07) is 0. The van der Waals surface area contributed by atoms with E-state index in [0.29, 0.717) is 12.5 Å². The van der Waals surface area contributed by atoms with Gasteiger partial charge in [-0.05, 0) is 104 Å². The molecule has 0 bridgehead atoms. The number of carbonyl (C=O) groups is 1. The smallest absolute Gasteiger partial charge is 0.407 e. The number of hydrogen-bond acceptors (Lipinski definition) is 3. The van der Waals surface area contributed by atoms with Crippen molar-refractivity contribution < 1.29 is 9.53 Å². The summed E-state index contributed by atoms with van der Waals surface area (Å²) in [4.78, 5) is 14.4. The van der Waals surface area contributed by atoms with Crippen molar-refractivity contribution in [2.24, 2.45) is 5.92 Å². The molecular weight excluding hydrogens is 588 g/mol. The van der Waals surface area contributed by atoms with E-state index in [1.54, 1.807) is 0 Å². The second-order valence-electron chi connectivity index (χ2n) is 13.8. The molecule has 4 nitrogen and oxygen atoms in total. The van der Waals surface area contributed by atoms with Crippen LogP contribution in [0.1, 0.15) is 174 Å². The molecule has 48 heavy (non-hydrogen) atoms. The maximum absolute atomic E-state index is 12.3. The molecule has 1 atom stereocenters. The van der Waals surface area contributed by atoms with E-state index in [-0.39, 0.29) is 6.09 Å². The molecule has 0 aliphatic rings. The summed E-state index contributed by atoms with van der Waals surface area (Å²) in [6.45, 7) is 6.34. The lowest BCUT2D eigenvalue weighted by Gasteiger charge is -2.18. The van der Waals surface area contributed by atoms with Crippen LogP contribution >= 0.6 is 0 Å². The van der Waals surface area contributed by atoms with E-state index in [0.717, 1.165) is 45.2 Å². The van der Waals surface area contributed by atoms with E-state index in [9.17, 15) is 4.79 Å². The minimum absolute atomic E-state index is 0.248. The van der Waals surface area contributed by atoms with Crippen LogP contribution in [0.4, 0.5) is 4.79 Å².